The van der Waals surface area contributed by atoms with Gasteiger partial charge in [-0.2, -0.15) is 5.26 Å². The zero-order valence-corrected chi connectivity index (χ0v) is 9.80. The van der Waals surface area contributed by atoms with E-state index in [-0.39, 0.29) is 0 Å². The van der Waals surface area contributed by atoms with Crippen molar-refractivity contribution in [1.82, 2.24) is 0 Å². The summed E-state index contributed by atoms with van der Waals surface area (Å²) < 4.78 is 0. The predicted octanol–water partition coefficient (Wildman–Crippen LogP) is 3.67. The van der Waals surface area contributed by atoms with Crippen LogP contribution >= 0.6 is 11.6 Å². The molecule has 1 aromatic rings. The molecule has 1 aromatic carbocycles. The molecule has 0 aliphatic heterocycles. The van der Waals surface area contributed by atoms with Crippen molar-refractivity contribution < 1.29 is 0 Å². The average Bonchev–Trinajstić information content (AvgIpc) is 2.26. The predicted molar refractivity (Wildman–Crippen MR) is 64.1 cm³/mol. The van der Waals surface area contributed by atoms with Gasteiger partial charge in [-0.1, -0.05) is 31.9 Å². The van der Waals surface area contributed by atoms with E-state index in [2.05, 4.69) is 19.2 Å². The standard InChI is InChI=1S/C12H15ClN2/c1-3-9(2)8-15-11-5-4-10(7-14)12(13)6-11/h4-6,9,15H,3,8H2,1-2H3. The third kappa shape index (κ3) is 3.45. The molecule has 0 spiro atoms. The summed E-state index contributed by atoms with van der Waals surface area (Å²) >= 11 is 5.92. The van der Waals surface area contributed by atoms with Gasteiger partial charge in [0.1, 0.15) is 6.07 Å². The molecule has 1 unspecified atom stereocenters. The first kappa shape index (κ1) is 11.9. The first-order valence-electron chi connectivity index (χ1n) is 5.11. The molecule has 0 amide bonds. The molecular formula is C12H15ClN2. The van der Waals surface area contributed by atoms with E-state index in [9.17, 15) is 0 Å². The Hall–Kier alpha value is -1.20. The van der Waals surface area contributed by atoms with E-state index in [4.69, 9.17) is 16.9 Å². The van der Waals surface area contributed by atoms with Crippen molar-refractivity contribution >= 4 is 17.3 Å². The van der Waals surface area contributed by atoms with Crippen LogP contribution in [0.4, 0.5) is 5.69 Å². The van der Waals surface area contributed by atoms with Gasteiger partial charge in [0.25, 0.3) is 0 Å². The van der Waals surface area contributed by atoms with Crippen molar-refractivity contribution in [2.45, 2.75) is 20.3 Å². The fourth-order valence-electron chi connectivity index (χ4n) is 1.15. The van der Waals surface area contributed by atoms with Gasteiger partial charge in [0, 0.05) is 12.2 Å². The van der Waals surface area contributed by atoms with E-state index >= 15 is 0 Å². The van der Waals surface area contributed by atoms with Gasteiger partial charge in [-0.05, 0) is 24.1 Å². The summed E-state index contributed by atoms with van der Waals surface area (Å²) in [5, 5.41) is 12.5. The molecule has 3 heteroatoms. The summed E-state index contributed by atoms with van der Waals surface area (Å²) in [5.41, 5.74) is 1.49. The highest BCUT2D eigenvalue weighted by molar-refractivity contribution is 6.32. The highest BCUT2D eigenvalue weighted by atomic mass is 35.5. The molecule has 0 radical (unpaired) electrons. The highest BCUT2D eigenvalue weighted by Gasteiger charge is 2.02. The molecule has 0 aromatic heterocycles. The zero-order valence-electron chi connectivity index (χ0n) is 9.05. The lowest BCUT2D eigenvalue weighted by molar-refractivity contribution is 0.593. The van der Waals surface area contributed by atoms with E-state index < -0.39 is 0 Å². The van der Waals surface area contributed by atoms with E-state index in [0.717, 1.165) is 18.7 Å². The second-order valence-corrected chi connectivity index (χ2v) is 4.11. The minimum atomic E-state index is 0.506. The molecule has 15 heavy (non-hydrogen) atoms. The van der Waals surface area contributed by atoms with Gasteiger partial charge in [-0.25, -0.2) is 0 Å². The van der Waals surface area contributed by atoms with Gasteiger partial charge in [0.2, 0.25) is 0 Å². The summed E-state index contributed by atoms with van der Waals surface area (Å²) in [6, 6.07) is 7.45. The number of anilines is 1. The number of nitriles is 1. The Kier molecular flexibility index (Phi) is 4.45. The van der Waals surface area contributed by atoms with Crippen LogP contribution in [0.3, 0.4) is 0 Å². The lowest BCUT2D eigenvalue weighted by atomic mass is 10.1. The third-order valence-corrected chi connectivity index (χ3v) is 2.75. The van der Waals surface area contributed by atoms with Crippen LogP contribution in [0, 0.1) is 17.2 Å². The number of nitrogens with one attached hydrogen (secondary N) is 1. The monoisotopic (exact) mass is 222 g/mol. The topological polar surface area (TPSA) is 35.8 Å². The second-order valence-electron chi connectivity index (χ2n) is 3.70. The number of benzene rings is 1. The van der Waals surface area contributed by atoms with Crippen LogP contribution < -0.4 is 5.32 Å². The highest BCUT2D eigenvalue weighted by Crippen LogP contribution is 2.20. The fraction of sp³-hybridized carbons (Fsp3) is 0.417. The maximum Gasteiger partial charge on any atom is 0.101 e. The average molecular weight is 223 g/mol. The summed E-state index contributed by atoms with van der Waals surface area (Å²) in [6.07, 6.45) is 1.15. The van der Waals surface area contributed by atoms with Crippen molar-refractivity contribution in [1.29, 1.82) is 5.26 Å². The maximum atomic E-state index is 8.71. The van der Waals surface area contributed by atoms with Crippen LogP contribution in [0.25, 0.3) is 0 Å². The minimum Gasteiger partial charge on any atom is -0.385 e. The molecular weight excluding hydrogens is 208 g/mol. The van der Waals surface area contributed by atoms with E-state index in [0.29, 0.717) is 16.5 Å². The van der Waals surface area contributed by atoms with Gasteiger partial charge < -0.3 is 5.32 Å². The first-order valence-corrected chi connectivity index (χ1v) is 5.48. The molecule has 1 rings (SSSR count). The van der Waals surface area contributed by atoms with Gasteiger partial charge in [0.05, 0.1) is 10.6 Å². The van der Waals surface area contributed by atoms with Gasteiger partial charge >= 0.3 is 0 Å². The summed E-state index contributed by atoms with van der Waals surface area (Å²) in [5.74, 6) is 0.638. The zero-order chi connectivity index (χ0) is 11.3. The fourth-order valence-corrected chi connectivity index (χ4v) is 1.37. The molecule has 0 bridgehead atoms. The largest absolute Gasteiger partial charge is 0.385 e. The molecule has 0 aliphatic rings. The number of rotatable bonds is 4. The molecule has 2 nitrogen and oxygen atoms in total. The molecule has 0 saturated carbocycles. The Morgan fingerprint density at radius 2 is 2.27 bits per heavy atom. The Labute approximate surface area is 95.9 Å². The lowest BCUT2D eigenvalue weighted by Gasteiger charge is -2.11. The molecule has 0 saturated heterocycles. The molecule has 0 heterocycles. The Morgan fingerprint density at radius 1 is 1.53 bits per heavy atom. The lowest BCUT2D eigenvalue weighted by Crippen LogP contribution is -2.10. The third-order valence-electron chi connectivity index (χ3n) is 2.44. The number of hydrogen-bond acceptors (Lipinski definition) is 2. The molecule has 0 fully saturated rings. The first-order chi connectivity index (χ1) is 7.17. The number of nitrogens with zero attached hydrogens (tertiary/aromatic N) is 1. The van der Waals surface area contributed by atoms with Crippen molar-refractivity contribution in [3.8, 4) is 6.07 Å². The van der Waals surface area contributed by atoms with Crippen molar-refractivity contribution in [2.75, 3.05) is 11.9 Å². The Morgan fingerprint density at radius 3 is 2.80 bits per heavy atom. The van der Waals surface area contributed by atoms with Crippen molar-refractivity contribution in [3.63, 3.8) is 0 Å². The molecule has 1 N–H and O–H groups in total. The van der Waals surface area contributed by atoms with E-state index in [1.165, 1.54) is 0 Å². The Bertz CT molecular complexity index is 368. The molecule has 80 valence electrons. The quantitative estimate of drug-likeness (QED) is 0.844. The van der Waals surface area contributed by atoms with Crippen LogP contribution in [0.5, 0.6) is 0 Å². The normalized spacial score (nSPS) is 11.9. The van der Waals surface area contributed by atoms with Gasteiger partial charge in [-0.3, -0.25) is 0 Å². The van der Waals surface area contributed by atoms with Crippen molar-refractivity contribution in [3.05, 3.63) is 28.8 Å². The summed E-state index contributed by atoms with van der Waals surface area (Å²) in [7, 11) is 0. The van der Waals surface area contributed by atoms with Crippen LogP contribution in [-0.2, 0) is 0 Å². The smallest absolute Gasteiger partial charge is 0.101 e. The van der Waals surface area contributed by atoms with Gasteiger partial charge in [0.15, 0.2) is 0 Å². The maximum absolute atomic E-state index is 8.71. The summed E-state index contributed by atoms with van der Waals surface area (Å²) in [6.45, 7) is 5.29. The van der Waals surface area contributed by atoms with Crippen LogP contribution in [0.15, 0.2) is 18.2 Å². The van der Waals surface area contributed by atoms with Crippen LogP contribution in [0.2, 0.25) is 5.02 Å². The minimum absolute atomic E-state index is 0.506. The van der Waals surface area contributed by atoms with Crippen LogP contribution in [0.1, 0.15) is 25.8 Å². The van der Waals surface area contributed by atoms with Gasteiger partial charge in [-0.15, -0.1) is 0 Å². The van der Waals surface area contributed by atoms with Crippen LogP contribution in [-0.4, -0.2) is 6.54 Å². The number of hydrogen-bond donors (Lipinski definition) is 1. The Balaban J connectivity index is 2.64. The van der Waals surface area contributed by atoms with E-state index in [1.54, 1.807) is 12.1 Å². The molecule has 0 aliphatic carbocycles. The SMILES string of the molecule is CCC(C)CNc1ccc(C#N)c(Cl)c1. The van der Waals surface area contributed by atoms with Crippen molar-refractivity contribution in [2.24, 2.45) is 5.92 Å². The molecule has 1 atom stereocenters. The second kappa shape index (κ2) is 5.63. The number of halogens is 1. The summed E-state index contributed by atoms with van der Waals surface area (Å²) in [4.78, 5) is 0. The van der Waals surface area contributed by atoms with E-state index in [1.807, 2.05) is 12.1 Å².